The molecule has 1 fully saturated rings. The summed E-state index contributed by atoms with van der Waals surface area (Å²) in [6.07, 6.45) is -0.00971. The molecule has 1 aromatic rings. The van der Waals surface area contributed by atoms with Crippen LogP contribution in [0.3, 0.4) is 0 Å². The summed E-state index contributed by atoms with van der Waals surface area (Å²) in [5.74, 6) is -0.657. The van der Waals surface area contributed by atoms with E-state index in [-0.39, 0.29) is 28.6 Å². The maximum atomic E-state index is 12.1. The Morgan fingerprint density at radius 2 is 2.05 bits per heavy atom. The molecule has 8 nitrogen and oxygen atoms in total. The van der Waals surface area contributed by atoms with Crippen molar-refractivity contribution in [2.24, 2.45) is 0 Å². The number of sulfonamides is 1. The Morgan fingerprint density at radius 1 is 1.38 bits per heavy atom. The quantitative estimate of drug-likeness (QED) is 0.639. The molecular formula is C10H11ClN2O6S2. The SMILES string of the molecule is O=[N+]([O-])c1ccc(Cl)c(NS(=O)(=O)C2CCS(=O)(=O)C2)c1. The Balaban J connectivity index is 2.29. The van der Waals surface area contributed by atoms with Crippen molar-refractivity contribution in [2.45, 2.75) is 11.7 Å². The van der Waals surface area contributed by atoms with Gasteiger partial charge in [0, 0.05) is 12.1 Å². The summed E-state index contributed by atoms with van der Waals surface area (Å²) in [6, 6.07) is 3.33. The van der Waals surface area contributed by atoms with Gasteiger partial charge >= 0.3 is 0 Å². The Kier molecular flexibility index (Phi) is 4.13. The first-order chi connectivity index (χ1) is 9.61. The van der Waals surface area contributed by atoms with Gasteiger partial charge in [0.05, 0.1) is 32.4 Å². The van der Waals surface area contributed by atoms with Gasteiger partial charge in [-0.3, -0.25) is 14.8 Å². The van der Waals surface area contributed by atoms with E-state index in [0.29, 0.717) is 0 Å². The molecule has 0 saturated carbocycles. The zero-order valence-electron chi connectivity index (χ0n) is 10.5. The third-order valence-electron chi connectivity index (χ3n) is 3.04. The maximum absolute atomic E-state index is 12.1. The number of hydrogen-bond donors (Lipinski definition) is 1. The van der Waals surface area contributed by atoms with E-state index in [0.717, 1.165) is 12.1 Å². The Morgan fingerprint density at radius 3 is 2.57 bits per heavy atom. The van der Waals surface area contributed by atoms with E-state index in [4.69, 9.17) is 11.6 Å². The standard InChI is InChI=1S/C10H11ClN2O6S2/c11-9-2-1-7(13(14)15)5-10(9)12-21(18,19)8-3-4-20(16,17)6-8/h1-2,5,8,12H,3-4,6H2. The molecule has 0 spiro atoms. The maximum Gasteiger partial charge on any atom is 0.271 e. The van der Waals surface area contributed by atoms with Gasteiger partial charge in [-0.25, -0.2) is 16.8 Å². The first-order valence-corrected chi connectivity index (χ1v) is 9.51. The fraction of sp³-hybridized carbons (Fsp3) is 0.400. The van der Waals surface area contributed by atoms with Gasteiger partial charge in [-0.2, -0.15) is 0 Å². The van der Waals surface area contributed by atoms with Gasteiger partial charge in [-0.15, -0.1) is 0 Å². The van der Waals surface area contributed by atoms with E-state index in [1.54, 1.807) is 0 Å². The second-order valence-corrected chi connectivity index (χ2v) is 9.19. The predicted octanol–water partition coefficient (Wildman–Crippen LogP) is 1.18. The number of anilines is 1. The molecule has 0 radical (unpaired) electrons. The molecule has 116 valence electrons. The summed E-state index contributed by atoms with van der Waals surface area (Å²) >= 11 is 5.80. The highest BCUT2D eigenvalue weighted by Gasteiger charge is 2.37. The van der Waals surface area contributed by atoms with E-state index < -0.39 is 35.8 Å². The molecule has 1 aromatic carbocycles. The predicted molar refractivity (Wildman–Crippen MR) is 77.7 cm³/mol. The minimum atomic E-state index is -3.99. The molecule has 1 atom stereocenters. The Hall–Kier alpha value is -1.39. The van der Waals surface area contributed by atoms with Crippen molar-refractivity contribution in [3.05, 3.63) is 33.3 Å². The van der Waals surface area contributed by atoms with E-state index in [9.17, 15) is 26.9 Å². The highest BCUT2D eigenvalue weighted by Crippen LogP contribution is 2.29. The van der Waals surface area contributed by atoms with Gasteiger partial charge in [0.25, 0.3) is 5.69 Å². The zero-order valence-corrected chi connectivity index (χ0v) is 12.9. The number of hydrogen-bond acceptors (Lipinski definition) is 6. The van der Waals surface area contributed by atoms with Crippen LogP contribution in [0.1, 0.15) is 6.42 Å². The van der Waals surface area contributed by atoms with Crippen LogP contribution >= 0.6 is 11.6 Å². The molecular weight excluding hydrogens is 344 g/mol. The van der Waals surface area contributed by atoms with Crippen LogP contribution in [0.15, 0.2) is 18.2 Å². The van der Waals surface area contributed by atoms with Gasteiger partial charge in [-0.1, -0.05) is 11.6 Å². The van der Waals surface area contributed by atoms with Crippen LogP contribution in [0.25, 0.3) is 0 Å². The molecule has 1 aliphatic heterocycles. The number of nitro groups is 1. The fourth-order valence-corrected chi connectivity index (χ4v) is 6.27. The topological polar surface area (TPSA) is 123 Å². The zero-order chi connectivity index (χ0) is 15.8. The highest BCUT2D eigenvalue weighted by molar-refractivity contribution is 7.97. The van der Waals surface area contributed by atoms with Crippen LogP contribution in [0, 0.1) is 10.1 Å². The van der Waals surface area contributed by atoms with Gasteiger partial charge in [0.15, 0.2) is 9.84 Å². The molecule has 1 aliphatic rings. The minimum Gasteiger partial charge on any atom is -0.282 e. The van der Waals surface area contributed by atoms with Crippen LogP contribution < -0.4 is 4.72 Å². The number of nitrogens with zero attached hydrogens (tertiary/aromatic N) is 1. The lowest BCUT2D eigenvalue weighted by Crippen LogP contribution is -2.29. The Bertz CT molecular complexity index is 790. The van der Waals surface area contributed by atoms with Crippen molar-refractivity contribution in [3.63, 3.8) is 0 Å². The van der Waals surface area contributed by atoms with Crippen molar-refractivity contribution in [1.29, 1.82) is 0 Å². The number of benzene rings is 1. The lowest BCUT2D eigenvalue weighted by molar-refractivity contribution is -0.384. The Labute approximate surface area is 126 Å². The lowest BCUT2D eigenvalue weighted by Gasteiger charge is -2.13. The van der Waals surface area contributed by atoms with Crippen LogP contribution in [0.5, 0.6) is 0 Å². The third-order valence-corrected chi connectivity index (χ3v) is 7.14. The first kappa shape index (κ1) is 16.0. The molecule has 1 saturated heterocycles. The van der Waals surface area contributed by atoms with Crippen molar-refractivity contribution in [2.75, 3.05) is 16.2 Å². The van der Waals surface area contributed by atoms with Crippen LogP contribution in [0.4, 0.5) is 11.4 Å². The van der Waals surface area contributed by atoms with E-state index in [1.807, 2.05) is 0 Å². The number of sulfone groups is 1. The molecule has 0 bridgehead atoms. The fourth-order valence-electron chi connectivity index (χ4n) is 1.95. The molecule has 1 heterocycles. The second-order valence-electron chi connectivity index (χ2n) is 4.59. The number of rotatable bonds is 4. The minimum absolute atomic E-state index is 0.00923. The largest absolute Gasteiger partial charge is 0.282 e. The van der Waals surface area contributed by atoms with Crippen LogP contribution in [0.2, 0.25) is 5.02 Å². The number of nitrogens with one attached hydrogen (secondary N) is 1. The van der Waals surface area contributed by atoms with Crippen LogP contribution in [-0.2, 0) is 19.9 Å². The van der Waals surface area contributed by atoms with E-state index in [1.165, 1.54) is 6.07 Å². The summed E-state index contributed by atoms with van der Waals surface area (Å²) in [7, 11) is -7.35. The normalized spacial score (nSPS) is 21.1. The van der Waals surface area contributed by atoms with Crippen LogP contribution in [-0.4, -0.2) is 38.5 Å². The summed E-state index contributed by atoms with van der Waals surface area (Å²) in [5.41, 5.74) is -0.466. The third kappa shape index (κ3) is 3.63. The first-order valence-electron chi connectivity index (χ1n) is 5.77. The molecule has 0 aliphatic carbocycles. The summed E-state index contributed by atoms with van der Waals surface area (Å²) < 4.78 is 49.1. The van der Waals surface area contributed by atoms with Crippen molar-refractivity contribution < 1.29 is 21.8 Å². The molecule has 1 unspecified atom stereocenters. The van der Waals surface area contributed by atoms with Crippen molar-refractivity contribution >= 4 is 42.8 Å². The lowest BCUT2D eigenvalue weighted by atomic mass is 10.3. The van der Waals surface area contributed by atoms with Gasteiger partial charge in [0.2, 0.25) is 10.0 Å². The smallest absolute Gasteiger partial charge is 0.271 e. The number of non-ortho nitro benzene ring substituents is 1. The highest BCUT2D eigenvalue weighted by atomic mass is 35.5. The number of halogens is 1. The monoisotopic (exact) mass is 354 g/mol. The van der Waals surface area contributed by atoms with Gasteiger partial charge in [-0.05, 0) is 12.5 Å². The molecule has 21 heavy (non-hydrogen) atoms. The molecule has 2 rings (SSSR count). The summed E-state index contributed by atoms with van der Waals surface area (Å²) in [5, 5.41) is 9.58. The van der Waals surface area contributed by atoms with Crippen molar-refractivity contribution in [1.82, 2.24) is 0 Å². The average molecular weight is 355 g/mol. The second kappa shape index (κ2) is 5.43. The molecule has 0 amide bonds. The van der Waals surface area contributed by atoms with Crippen molar-refractivity contribution in [3.8, 4) is 0 Å². The molecule has 1 N–H and O–H groups in total. The van der Waals surface area contributed by atoms with E-state index in [2.05, 4.69) is 4.72 Å². The average Bonchev–Trinajstić information content (AvgIpc) is 2.73. The number of nitro benzene ring substituents is 1. The van der Waals surface area contributed by atoms with Gasteiger partial charge in [0.1, 0.15) is 0 Å². The summed E-state index contributed by atoms with van der Waals surface area (Å²) in [6.45, 7) is 0. The van der Waals surface area contributed by atoms with E-state index >= 15 is 0 Å². The summed E-state index contributed by atoms with van der Waals surface area (Å²) in [4.78, 5) is 9.99. The molecule has 11 heteroatoms. The van der Waals surface area contributed by atoms with Gasteiger partial charge < -0.3 is 0 Å². The molecule has 0 aromatic heterocycles.